The van der Waals surface area contributed by atoms with Gasteiger partial charge in [-0.05, 0) is 18.8 Å². The van der Waals surface area contributed by atoms with Gasteiger partial charge < -0.3 is 0 Å². The molecule has 2 radical (unpaired) electrons. The number of hydrogen-bond donors (Lipinski definition) is 0. The molecular weight excluding hydrogens is 228 g/mol. The molecule has 0 bridgehead atoms. The highest BCUT2D eigenvalue weighted by Crippen LogP contribution is 2.17. The Balaban J connectivity index is 3.23. The molecular formula is C19H34. The van der Waals surface area contributed by atoms with Crippen LogP contribution in [-0.2, 0) is 0 Å². The minimum absolute atomic E-state index is 0.902. The average Bonchev–Trinajstić information content (AvgIpc) is 2.41. The van der Waals surface area contributed by atoms with Crippen molar-refractivity contribution in [3.05, 3.63) is 13.8 Å². The van der Waals surface area contributed by atoms with Crippen LogP contribution in [0, 0.1) is 31.6 Å². The lowest BCUT2D eigenvalue weighted by molar-refractivity contribution is 0.441. The average molecular weight is 262 g/mol. The maximum atomic E-state index is 3.89. The van der Waals surface area contributed by atoms with Crippen molar-refractivity contribution in [2.75, 3.05) is 0 Å². The molecule has 0 aromatic carbocycles. The molecule has 0 rings (SSSR count). The van der Waals surface area contributed by atoms with Gasteiger partial charge in [0.25, 0.3) is 0 Å². The molecule has 0 amide bonds. The molecule has 0 aromatic heterocycles. The minimum Gasteiger partial charge on any atom is -0.103 e. The van der Waals surface area contributed by atoms with Gasteiger partial charge >= 0.3 is 0 Å². The molecule has 0 aliphatic heterocycles. The first kappa shape index (κ1) is 18.6. The van der Waals surface area contributed by atoms with Crippen LogP contribution in [0.3, 0.4) is 0 Å². The van der Waals surface area contributed by atoms with Gasteiger partial charge in [-0.25, -0.2) is 0 Å². The van der Waals surface area contributed by atoms with Crippen LogP contribution < -0.4 is 0 Å². The van der Waals surface area contributed by atoms with Crippen LogP contribution in [0.4, 0.5) is 0 Å². The van der Waals surface area contributed by atoms with Crippen molar-refractivity contribution < 1.29 is 0 Å². The third-order valence-electron chi connectivity index (χ3n) is 3.62. The number of hydrogen-bond acceptors (Lipinski definition) is 0. The van der Waals surface area contributed by atoms with Crippen LogP contribution in [0.5, 0.6) is 0 Å². The van der Waals surface area contributed by atoms with E-state index in [1.54, 1.807) is 0 Å². The Hall–Kier alpha value is -0.440. The summed E-state index contributed by atoms with van der Waals surface area (Å²) in [5.41, 5.74) is 0. The first-order chi connectivity index (χ1) is 9.31. The van der Waals surface area contributed by atoms with Crippen molar-refractivity contribution in [3.8, 4) is 11.8 Å². The van der Waals surface area contributed by atoms with E-state index in [2.05, 4.69) is 32.6 Å². The normalized spacial score (nSPS) is 11.9. The van der Waals surface area contributed by atoms with Crippen molar-refractivity contribution in [2.24, 2.45) is 5.92 Å². The second-order valence-electron chi connectivity index (χ2n) is 5.72. The predicted octanol–water partition coefficient (Wildman–Crippen LogP) is 6.37. The summed E-state index contributed by atoms with van der Waals surface area (Å²) in [6.07, 6.45) is 16.3. The first-order valence-corrected chi connectivity index (χ1v) is 8.35. The van der Waals surface area contributed by atoms with Crippen molar-refractivity contribution in [1.82, 2.24) is 0 Å². The standard InChI is InChI=1S/C19H34/c1-4-6-8-10-11-12-14-16-18-19(3)17-15-13-9-7-5-2/h19H,1-2,4-9,12-18H2,3H3. The van der Waals surface area contributed by atoms with E-state index >= 15 is 0 Å². The fourth-order valence-electron chi connectivity index (χ4n) is 2.26. The van der Waals surface area contributed by atoms with Crippen LogP contribution in [0.2, 0.25) is 0 Å². The summed E-state index contributed by atoms with van der Waals surface area (Å²) in [5, 5.41) is 0. The SMILES string of the molecule is [CH2]CCCC#CCCCCC(C)CCCCCC[CH2]. The molecule has 19 heavy (non-hydrogen) atoms. The highest BCUT2D eigenvalue weighted by atomic mass is 14.1. The summed E-state index contributed by atoms with van der Waals surface area (Å²) in [7, 11) is 0. The van der Waals surface area contributed by atoms with E-state index in [-0.39, 0.29) is 0 Å². The second kappa shape index (κ2) is 15.6. The van der Waals surface area contributed by atoms with Gasteiger partial charge in [0.2, 0.25) is 0 Å². The van der Waals surface area contributed by atoms with Crippen LogP contribution >= 0.6 is 0 Å². The molecule has 0 nitrogen and oxygen atoms in total. The van der Waals surface area contributed by atoms with Gasteiger partial charge in [0.15, 0.2) is 0 Å². The summed E-state index contributed by atoms with van der Waals surface area (Å²) >= 11 is 0. The summed E-state index contributed by atoms with van der Waals surface area (Å²) in [6.45, 7) is 10.1. The zero-order valence-electron chi connectivity index (χ0n) is 13.2. The molecule has 0 spiro atoms. The topological polar surface area (TPSA) is 0 Å². The molecule has 0 saturated heterocycles. The lowest BCUT2D eigenvalue weighted by Gasteiger charge is -2.10. The quantitative estimate of drug-likeness (QED) is 0.283. The Morgan fingerprint density at radius 3 is 1.84 bits per heavy atom. The number of rotatable bonds is 12. The monoisotopic (exact) mass is 262 g/mol. The summed E-state index contributed by atoms with van der Waals surface area (Å²) in [5.74, 6) is 7.41. The predicted molar refractivity (Wildman–Crippen MR) is 87.7 cm³/mol. The molecule has 0 N–H and O–H groups in total. The van der Waals surface area contributed by atoms with E-state index in [1.807, 2.05) is 0 Å². The molecule has 0 aliphatic carbocycles. The fourth-order valence-corrected chi connectivity index (χ4v) is 2.26. The van der Waals surface area contributed by atoms with E-state index in [0.29, 0.717) is 0 Å². The Labute approximate surface area is 122 Å². The highest BCUT2D eigenvalue weighted by Gasteiger charge is 2.01. The molecule has 0 aromatic rings. The Morgan fingerprint density at radius 1 is 0.684 bits per heavy atom. The van der Waals surface area contributed by atoms with Crippen LogP contribution in [0.25, 0.3) is 0 Å². The third kappa shape index (κ3) is 15.5. The van der Waals surface area contributed by atoms with E-state index in [0.717, 1.165) is 38.0 Å². The molecule has 110 valence electrons. The van der Waals surface area contributed by atoms with Crippen molar-refractivity contribution >= 4 is 0 Å². The summed E-state index contributed by atoms with van der Waals surface area (Å²) < 4.78 is 0. The van der Waals surface area contributed by atoms with Crippen LogP contribution in [-0.4, -0.2) is 0 Å². The first-order valence-electron chi connectivity index (χ1n) is 8.35. The Kier molecular flexibility index (Phi) is 15.3. The van der Waals surface area contributed by atoms with E-state index in [1.165, 1.54) is 51.4 Å². The molecule has 0 aliphatic rings. The fraction of sp³-hybridized carbons (Fsp3) is 0.789. The highest BCUT2D eigenvalue weighted by molar-refractivity contribution is 4.98. The van der Waals surface area contributed by atoms with Crippen LogP contribution in [0.15, 0.2) is 0 Å². The zero-order valence-corrected chi connectivity index (χ0v) is 13.2. The van der Waals surface area contributed by atoms with E-state index < -0.39 is 0 Å². The van der Waals surface area contributed by atoms with Gasteiger partial charge in [-0.1, -0.05) is 78.6 Å². The maximum Gasteiger partial charge on any atom is 0.00886 e. The van der Waals surface area contributed by atoms with E-state index in [4.69, 9.17) is 0 Å². The van der Waals surface area contributed by atoms with Gasteiger partial charge in [-0.2, -0.15) is 0 Å². The lowest BCUT2D eigenvalue weighted by atomic mass is 9.96. The minimum atomic E-state index is 0.902. The van der Waals surface area contributed by atoms with Gasteiger partial charge in [0, 0.05) is 12.8 Å². The summed E-state index contributed by atoms with van der Waals surface area (Å²) in [4.78, 5) is 0. The van der Waals surface area contributed by atoms with E-state index in [9.17, 15) is 0 Å². The third-order valence-corrected chi connectivity index (χ3v) is 3.62. The van der Waals surface area contributed by atoms with Crippen molar-refractivity contribution in [2.45, 2.75) is 90.4 Å². The van der Waals surface area contributed by atoms with Gasteiger partial charge in [0.1, 0.15) is 0 Å². The second-order valence-corrected chi connectivity index (χ2v) is 5.72. The smallest absolute Gasteiger partial charge is 0.00886 e. The Bertz CT molecular complexity index is 218. The molecule has 0 saturated carbocycles. The Morgan fingerprint density at radius 2 is 1.21 bits per heavy atom. The zero-order chi connectivity index (χ0) is 14.2. The van der Waals surface area contributed by atoms with Gasteiger partial charge in [-0.15, -0.1) is 11.8 Å². The van der Waals surface area contributed by atoms with Crippen molar-refractivity contribution in [1.29, 1.82) is 0 Å². The van der Waals surface area contributed by atoms with Crippen LogP contribution in [0.1, 0.15) is 90.4 Å². The largest absolute Gasteiger partial charge is 0.103 e. The molecule has 0 heterocycles. The maximum absolute atomic E-state index is 3.89. The number of unbranched alkanes of at least 4 members (excludes halogenated alkanes) is 8. The summed E-state index contributed by atoms with van der Waals surface area (Å²) in [6, 6.07) is 0. The molecule has 1 atom stereocenters. The molecule has 0 fully saturated rings. The van der Waals surface area contributed by atoms with Crippen molar-refractivity contribution in [3.63, 3.8) is 0 Å². The molecule has 1 unspecified atom stereocenters. The lowest BCUT2D eigenvalue weighted by Crippen LogP contribution is -1.94. The van der Waals surface area contributed by atoms with Gasteiger partial charge in [-0.3, -0.25) is 0 Å². The molecule has 0 heteroatoms. The van der Waals surface area contributed by atoms with Gasteiger partial charge in [0.05, 0.1) is 0 Å².